The van der Waals surface area contributed by atoms with E-state index < -0.39 is 0 Å². The lowest BCUT2D eigenvalue weighted by atomic mass is 10.1. The molecule has 0 heterocycles. The van der Waals surface area contributed by atoms with E-state index in [9.17, 15) is 9.59 Å². The van der Waals surface area contributed by atoms with Gasteiger partial charge in [0.15, 0.2) is 0 Å². The number of ether oxygens (including phenoxy) is 2. The first-order chi connectivity index (χ1) is 13.3. The molecular weight excluding hydrogens is 358 g/mol. The second-order valence-electron chi connectivity index (χ2n) is 6.58. The Morgan fingerprint density at radius 1 is 0.929 bits per heavy atom. The molecule has 0 saturated heterocycles. The smallest absolute Gasteiger partial charge is 0.238 e. The van der Waals surface area contributed by atoms with Crippen molar-refractivity contribution >= 4 is 23.2 Å². The van der Waals surface area contributed by atoms with Crippen LogP contribution in [0.4, 0.5) is 11.4 Å². The highest BCUT2D eigenvalue weighted by atomic mass is 16.5. The third-order valence-corrected chi connectivity index (χ3v) is 4.39. The van der Waals surface area contributed by atoms with Crippen molar-refractivity contribution in [2.24, 2.45) is 0 Å². The van der Waals surface area contributed by atoms with Gasteiger partial charge in [-0.15, -0.1) is 0 Å². The Labute approximate surface area is 165 Å². The molecule has 0 spiro atoms. The number of carbonyl (C=O) groups excluding carboxylic acids is 2. The Kier molecular flexibility index (Phi) is 7.40. The van der Waals surface area contributed by atoms with Crippen LogP contribution >= 0.6 is 0 Å². The van der Waals surface area contributed by atoms with Crippen LogP contribution in [-0.2, 0) is 9.59 Å². The molecule has 0 aromatic heterocycles. The van der Waals surface area contributed by atoms with Gasteiger partial charge in [0.25, 0.3) is 0 Å². The van der Waals surface area contributed by atoms with Crippen LogP contribution in [0.2, 0.25) is 0 Å². The van der Waals surface area contributed by atoms with Crippen molar-refractivity contribution in [3.63, 3.8) is 0 Å². The molecule has 0 saturated carbocycles. The van der Waals surface area contributed by atoms with E-state index in [-0.39, 0.29) is 24.9 Å². The van der Waals surface area contributed by atoms with Crippen molar-refractivity contribution in [2.45, 2.75) is 13.8 Å². The van der Waals surface area contributed by atoms with Gasteiger partial charge in [0.05, 0.1) is 33.0 Å². The van der Waals surface area contributed by atoms with Crippen molar-refractivity contribution in [1.29, 1.82) is 0 Å². The molecule has 7 heteroatoms. The van der Waals surface area contributed by atoms with Crippen LogP contribution in [0.15, 0.2) is 36.4 Å². The van der Waals surface area contributed by atoms with Crippen LogP contribution in [0.5, 0.6) is 11.5 Å². The first-order valence-corrected chi connectivity index (χ1v) is 8.90. The average Bonchev–Trinajstić information content (AvgIpc) is 2.65. The van der Waals surface area contributed by atoms with Gasteiger partial charge in [-0.05, 0) is 50.2 Å². The zero-order chi connectivity index (χ0) is 20.7. The van der Waals surface area contributed by atoms with E-state index in [0.717, 1.165) is 16.8 Å². The molecular formula is C21H27N3O4. The summed E-state index contributed by atoms with van der Waals surface area (Å²) in [7, 11) is 4.80. The second kappa shape index (κ2) is 9.75. The van der Waals surface area contributed by atoms with Gasteiger partial charge in [0.2, 0.25) is 11.8 Å². The van der Waals surface area contributed by atoms with E-state index in [1.807, 2.05) is 32.0 Å². The molecule has 0 radical (unpaired) electrons. The number of anilines is 2. The van der Waals surface area contributed by atoms with Crippen LogP contribution < -0.4 is 20.1 Å². The third kappa shape index (κ3) is 5.72. The predicted molar refractivity (Wildman–Crippen MR) is 110 cm³/mol. The summed E-state index contributed by atoms with van der Waals surface area (Å²) in [6, 6.07) is 10.9. The second-order valence-corrected chi connectivity index (χ2v) is 6.58. The van der Waals surface area contributed by atoms with Crippen LogP contribution in [0.25, 0.3) is 0 Å². The van der Waals surface area contributed by atoms with Crippen LogP contribution in [-0.4, -0.2) is 51.1 Å². The molecule has 0 aliphatic rings. The fraction of sp³-hybridized carbons (Fsp3) is 0.333. The predicted octanol–water partition coefficient (Wildman–Crippen LogP) is 2.83. The summed E-state index contributed by atoms with van der Waals surface area (Å²) < 4.78 is 10.4. The van der Waals surface area contributed by atoms with E-state index in [2.05, 4.69) is 10.6 Å². The fourth-order valence-corrected chi connectivity index (χ4v) is 2.71. The number of carbonyl (C=O) groups is 2. The summed E-state index contributed by atoms with van der Waals surface area (Å²) in [5.74, 6) is 0.717. The lowest BCUT2D eigenvalue weighted by molar-refractivity contribution is -0.119. The maximum absolute atomic E-state index is 12.3. The largest absolute Gasteiger partial charge is 0.497 e. The van der Waals surface area contributed by atoms with Gasteiger partial charge in [-0.2, -0.15) is 0 Å². The Hall–Kier alpha value is -3.06. The number of nitrogens with zero attached hydrogens (tertiary/aromatic N) is 1. The number of hydrogen-bond donors (Lipinski definition) is 2. The summed E-state index contributed by atoms with van der Waals surface area (Å²) >= 11 is 0. The highest BCUT2D eigenvalue weighted by Crippen LogP contribution is 2.28. The van der Waals surface area contributed by atoms with Gasteiger partial charge in [0, 0.05) is 11.8 Å². The highest BCUT2D eigenvalue weighted by molar-refractivity contribution is 5.95. The molecule has 0 bridgehead atoms. The third-order valence-electron chi connectivity index (χ3n) is 4.39. The Bertz CT molecular complexity index is 852. The van der Waals surface area contributed by atoms with Crippen molar-refractivity contribution in [3.8, 4) is 11.5 Å². The summed E-state index contributed by atoms with van der Waals surface area (Å²) in [4.78, 5) is 26.2. The Morgan fingerprint density at radius 3 is 2.18 bits per heavy atom. The molecule has 2 amide bonds. The molecule has 0 aliphatic heterocycles. The molecule has 0 unspecified atom stereocenters. The number of rotatable bonds is 8. The molecule has 7 nitrogen and oxygen atoms in total. The van der Waals surface area contributed by atoms with Gasteiger partial charge < -0.3 is 20.1 Å². The Morgan fingerprint density at radius 2 is 1.57 bits per heavy atom. The van der Waals surface area contributed by atoms with Gasteiger partial charge in [0.1, 0.15) is 11.5 Å². The highest BCUT2D eigenvalue weighted by Gasteiger charge is 2.14. The number of hydrogen-bond acceptors (Lipinski definition) is 5. The van der Waals surface area contributed by atoms with Crippen LogP contribution in [0.1, 0.15) is 11.1 Å². The van der Waals surface area contributed by atoms with Crippen molar-refractivity contribution in [2.75, 3.05) is 45.0 Å². The zero-order valence-corrected chi connectivity index (χ0v) is 17.0. The molecule has 2 N–H and O–H groups in total. The average molecular weight is 385 g/mol. The number of aryl methyl sites for hydroxylation is 1. The molecule has 28 heavy (non-hydrogen) atoms. The van der Waals surface area contributed by atoms with Gasteiger partial charge >= 0.3 is 0 Å². The van der Waals surface area contributed by atoms with Crippen molar-refractivity contribution in [3.05, 3.63) is 47.5 Å². The minimum Gasteiger partial charge on any atom is -0.497 e. The summed E-state index contributed by atoms with van der Waals surface area (Å²) in [6.45, 7) is 4.12. The Balaban J connectivity index is 1.90. The molecule has 0 fully saturated rings. The maximum atomic E-state index is 12.3. The number of nitrogens with one attached hydrogen (secondary N) is 2. The lowest BCUT2D eigenvalue weighted by Crippen LogP contribution is -2.36. The number of amides is 2. The SMILES string of the molecule is COc1ccc(NC(=O)CN(C)CC(=O)Nc2cccc(C)c2C)c(OC)c1. The number of methoxy groups -OCH3 is 2. The van der Waals surface area contributed by atoms with E-state index in [4.69, 9.17) is 9.47 Å². The summed E-state index contributed by atoms with van der Waals surface area (Å²) in [5, 5.41) is 5.68. The standard InChI is InChI=1S/C21H27N3O4/c1-14-7-6-8-17(15(14)2)22-20(25)12-24(3)13-21(26)23-18-10-9-16(27-4)11-19(18)28-5/h6-11H,12-13H2,1-5H3,(H,22,25)(H,23,26). The van der Waals surface area contributed by atoms with Crippen LogP contribution in [0, 0.1) is 13.8 Å². The van der Waals surface area contributed by atoms with E-state index in [1.54, 1.807) is 37.3 Å². The van der Waals surface area contributed by atoms with E-state index in [1.165, 1.54) is 7.11 Å². The van der Waals surface area contributed by atoms with Gasteiger partial charge in [-0.3, -0.25) is 14.5 Å². The van der Waals surface area contributed by atoms with Gasteiger partial charge in [-0.1, -0.05) is 12.1 Å². The topological polar surface area (TPSA) is 79.9 Å². The summed E-state index contributed by atoms with van der Waals surface area (Å²) in [5.41, 5.74) is 3.47. The maximum Gasteiger partial charge on any atom is 0.238 e. The first-order valence-electron chi connectivity index (χ1n) is 8.90. The molecule has 2 rings (SSSR count). The minimum atomic E-state index is -0.245. The number of likely N-dealkylation sites (N-methyl/N-ethyl adjacent to an activating group) is 1. The minimum absolute atomic E-state index is 0.0649. The van der Waals surface area contributed by atoms with E-state index in [0.29, 0.717) is 17.2 Å². The van der Waals surface area contributed by atoms with Gasteiger partial charge in [-0.25, -0.2) is 0 Å². The zero-order valence-electron chi connectivity index (χ0n) is 17.0. The normalized spacial score (nSPS) is 10.5. The quantitative estimate of drug-likeness (QED) is 0.730. The molecule has 0 aliphatic carbocycles. The number of benzene rings is 2. The monoisotopic (exact) mass is 385 g/mol. The lowest BCUT2D eigenvalue weighted by Gasteiger charge is -2.18. The molecule has 2 aromatic carbocycles. The van der Waals surface area contributed by atoms with Crippen molar-refractivity contribution in [1.82, 2.24) is 4.90 Å². The van der Waals surface area contributed by atoms with E-state index >= 15 is 0 Å². The molecule has 2 aromatic rings. The fourth-order valence-electron chi connectivity index (χ4n) is 2.71. The molecule has 0 atom stereocenters. The molecule has 150 valence electrons. The summed E-state index contributed by atoms with van der Waals surface area (Å²) in [6.07, 6.45) is 0. The first kappa shape index (κ1) is 21.2. The van der Waals surface area contributed by atoms with Crippen molar-refractivity contribution < 1.29 is 19.1 Å². The van der Waals surface area contributed by atoms with Crippen LogP contribution in [0.3, 0.4) is 0 Å².